The Morgan fingerprint density at radius 2 is 1.83 bits per heavy atom. The number of thiophene rings is 1. The van der Waals surface area contributed by atoms with E-state index in [9.17, 15) is 18.0 Å². The average molecular weight is 471 g/mol. The number of methoxy groups -OCH3 is 1. The Balaban J connectivity index is 2.16. The number of carbonyl (C=O) groups excluding carboxylic acids is 2. The van der Waals surface area contributed by atoms with Gasteiger partial charge < -0.3 is 20.3 Å². The number of carbonyl (C=O) groups is 2. The van der Waals surface area contributed by atoms with E-state index in [1.54, 1.807) is 33.2 Å². The van der Waals surface area contributed by atoms with E-state index in [4.69, 9.17) is 22.1 Å². The average Bonchev–Trinajstić information content (AvgIpc) is 3.00. The molecule has 1 aromatic carbocycles. The van der Waals surface area contributed by atoms with Gasteiger partial charge in [-0.2, -0.15) is 0 Å². The number of esters is 1. The molecule has 0 fully saturated rings. The number of benzene rings is 1. The summed E-state index contributed by atoms with van der Waals surface area (Å²) in [5, 5.41) is 11.6. The minimum atomic E-state index is -3.75. The highest BCUT2D eigenvalue weighted by molar-refractivity contribution is 7.89. The molecule has 2 aromatic rings. The molecule has 12 heteroatoms. The van der Waals surface area contributed by atoms with Crippen molar-refractivity contribution in [3.63, 3.8) is 0 Å². The van der Waals surface area contributed by atoms with Gasteiger partial charge in [0.15, 0.2) is 5.11 Å². The molecule has 0 unspecified atom stereocenters. The van der Waals surface area contributed by atoms with Crippen LogP contribution in [0.2, 0.25) is 0 Å². The van der Waals surface area contributed by atoms with Crippen LogP contribution in [0.25, 0.3) is 0 Å². The van der Waals surface area contributed by atoms with Crippen LogP contribution in [-0.2, 0) is 21.3 Å². The van der Waals surface area contributed by atoms with E-state index in [-0.39, 0.29) is 21.5 Å². The molecule has 0 saturated carbocycles. The number of rotatable bonds is 6. The number of amides is 1. The molecule has 0 saturated heterocycles. The van der Waals surface area contributed by atoms with E-state index >= 15 is 0 Å². The molecule has 1 heterocycles. The quantitative estimate of drug-likeness (QED) is 0.429. The van der Waals surface area contributed by atoms with Crippen LogP contribution in [0.5, 0.6) is 0 Å². The lowest BCUT2D eigenvalue weighted by atomic mass is 10.1. The number of ether oxygens (including phenoxy) is 1. The molecular formula is C18H22N4O5S3. The molecule has 0 spiro atoms. The maximum absolute atomic E-state index is 12.4. The van der Waals surface area contributed by atoms with Gasteiger partial charge >= 0.3 is 5.97 Å². The summed E-state index contributed by atoms with van der Waals surface area (Å²) in [7, 11) is 0.758. The van der Waals surface area contributed by atoms with Crippen LogP contribution in [0.4, 0.5) is 5.00 Å². The minimum absolute atomic E-state index is 0.0156. The van der Waals surface area contributed by atoms with Gasteiger partial charge in [0, 0.05) is 20.6 Å². The van der Waals surface area contributed by atoms with Crippen LogP contribution in [0, 0.1) is 6.92 Å². The Kier molecular flexibility index (Phi) is 7.53. The molecular weight excluding hydrogens is 448 g/mol. The molecule has 30 heavy (non-hydrogen) atoms. The van der Waals surface area contributed by atoms with Gasteiger partial charge in [-0.25, -0.2) is 18.4 Å². The Bertz CT molecular complexity index is 1080. The summed E-state index contributed by atoms with van der Waals surface area (Å²) in [5.41, 5.74) is 1.52. The third-order valence-electron chi connectivity index (χ3n) is 4.07. The highest BCUT2D eigenvalue weighted by atomic mass is 32.2. The standard InChI is InChI=1S/C18H22N4O5S3/c1-10-13(17(24)27-4)15(29-14(10)16(23)22(2)3)21-18(28)20-9-11-5-7-12(8-6-11)30(19,25)26/h5-8H,9H2,1-4H3,(H2,19,25,26)(H2,20,21,28). The van der Waals surface area contributed by atoms with Gasteiger partial charge in [-0.15, -0.1) is 11.3 Å². The van der Waals surface area contributed by atoms with E-state index in [0.717, 1.165) is 16.9 Å². The second-order valence-electron chi connectivity index (χ2n) is 6.45. The van der Waals surface area contributed by atoms with Crippen molar-refractivity contribution in [1.29, 1.82) is 0 Å². The Morgan fingerprint density at radius 1 is 1.23 bits per heavy atom. The van der Waals surface area contributed by atoms with Gasteiger partial charge in [0.05, 0.1) is 22.4 Å². The maximum Gasteiger partial charge on any atom is 0.341 e. The number of nitrogens with one attached hydrogen (secondary N) is 2. The van der Waals surface area contributed by atoms with Crippen LogP contribution in [0.3, 0.4) is 0 Å². The summed E-state index contributed by atoms with van der Waals surface area (Å²) in [6.45, 7) is 1.98. The van der Waals surface area contributed by atoms with Crippen molar-refractivity contribution in [1.82, 2.24) is 10.2 Å². The zero-order valence-corrected chi connectivity index (χ0v) is 19.3. The molecule has 0 aliphatic carbocycles. The zero-order valence-electron chi connectivity index (χ0n) is 16.8. The summed E-state index contributed by atoms with van der Waals surface area (Å²) in [5.74, 6) is -0.810. The molecule has 0 atom stereocenters. The predicted molar refractivity (Wildman–Crippen MR) is 119 cm³/mol. The van der Waals surface area contributed by atoms with Crippen LogP contribution in [0.15, 0.2) is 29.2 Å². The molecule has 0 radical (unpaired) electrons. The largest absolute Gasteiger partial charge is 0.465 e. The Morgan fingerprint density at radius 3 is 2.33 bits per heavy atom. The molecule has 4 N–H and O–H groups in total. The van der Waals surface area contributed by atoms with Gasteiger partial charge in [-0.1, -0.05) is 12.1 Å². The second-order valence-corrected chi connectivity index (χ2v) is 9.44. The van der Waals surface area contributed by atoms with Crippen molar-refractivity contribution in [3.8, 4) is 0 Å². The zero-order chi connectivity index (χ0) is 22.6. The van der Waals surface area contributed by atoms with Crippen LogP contribution >= 0.6 is 23.6 Å². The smallest absolute Gasteiger partial charge is 0.341 e. The fourth-order valence-corrected chi connectivity index (χ4v) is 4.46. The van der Waals surface area contributed by atoms with Crippen molar-refractivity contribution < 1.29 is 22.7 Å². The summed E-state index contributed by atoms with van der Waals surface area (Å²) in [6, 6.07) is 6.02. The van der Waals surface area contributed by atoms with Crippen molar-refractivity contribution in [2.24, 2.45) is 5.14 Å². The Hall–Kier alpha value is -2.54. The Labute approximate surface area is 184 Å². The third-order valence-corrected chi connectivity index (χ3v) is 6.44. The van der Waals surface area contributed by atoms with E-state index in [1.165, 1.54) is 24.1 Å². The summed E-state index contributed by atoms with van der Waals surface area (Å²) in [4.78, 5) is 26.5. The number of nitrogens with two attached hydrogens (primary N) is 1. The van der Waals surface area contributed by atoms with E-state index < -0.39 is 16.0 Å². The maximum atomic E-state index is 12.4. The lowest BCUT2D eigenvalue weighted by molar-refractivity contribution is 0.0601. The fraction of sp³-hybridized carbons (Fsp3) is 0.278. The monoisotopic (exact) mass is 470 g/mol. The van der Waals surface area contributed by atoms with E-state index in [1.807, 2.05) is 0 Å². The molecule has 9 nitrogen and oxygen atoms in total. The summed E-state index contributed by atoms with van der Waals surface area (Å²) in [6.07, 6.45) is 0. The first-order valence-electron chi connectivity index (χ1n) is 8.55. The lowest BCUT2D eigenvalue weighted by Crippen LogP contribution is -2.28. The molecule has 162 valence electrons. The number of primary sulfonamides is 1. The molecule has 2 rings (SSSR count). The minimum Gasteiger partial charge on any atom is -0.465 e. The second kappa shape index (κ2) is 9.51. The van der Waals surface area contributed by atoms with Crippen LogP contribution in [-0.4, -0.2) is 51.5 Å². The van der Waals surface area contributed by atoms with E-state index in [0.29, 0.717) is 22.0 Å². The predicted octanol–water partition coefficient (Wildman–Crippen LogP) is 1.68. The van der Waals surface area contributed by atoms with Gasteiger partial charge in [0.25, 0.3) is 5.91 Å². The SMILES string of the molecule is COC(=O)c1c(NC(=S)NCc2ccc(S(N)(=O)=O)cc2)sc(C(=O)N(C)C)c1C. The molecule has 0 bridgehead atoms. The van der Waals surface area contributed by atoms with E-state index in [2.05, 4.69) is 10.6 Å². The van der Waals surface area contributed by atoms with Crippen molar-refractivity contribution >= 4 is 55.6 Å². The number of thiocarbonyl (C=S) groups is 1. The highest BCUT2D eigenvalue weighted by Crippen LogP contribution is 2.34. The van der Waals surface area contributed by atoms with Crippen molar-refractivity contribution in [2.45, 2.75) is 18.4 Å². The number of nitrogens with zero attached hydrogens (tertiary/aromatic N) is 1. The summed E-state index contributed by atoms with van der Waals surface area (Å²) < 4.78 is 27.5. The number of sulfonamides is 1. The number of hydrogen-bond acceptors (Lipinski definition) is 7. The first-order valence-corrected chi connectivity index (χ1v) is 11.3. The fourth-order valence-electron chi connectivity index (χ4n) is 2.48. The van der Waals surface area contributed by atoms with Crippen molar-refractivity contribution in [2.75, 3.05) is 26.5 Å². The highest BCUT2D eigenvalue weighted by Gasteiger charge is 2.26. The topological polar surface area (TPSA) is 131 Å². The molecule has 0 aliphatic heterocycles. The molecule has 1 aromatic heterocycles. The molecule has 1 amide bonds. The third kappa shape index (κ3) is 5.53. The van der Waals surface area contributed by atoms with Crippen LogP contribution in [0.1, 0.15) is 31.2 Å². The van der Waals surface area contributed by atoms with Gasteiger partial charge in [-0.05, 0) is 42.4 Å². The van der Waals surface area contributed by atoms with Gasteiger partial charge in [0.2, 0.25) is 10.0 Å². The first kappa shape index (κ1) is 23.7. The normalized spacial score (nSPS) is 11.0. The number of anilines is 1. The summed E-state index contributed by atoms with van der Waals surface area (Å²) >= 11 is 6.40. The van der Waals surface area contributed by atoms with Gasteiger partial charge in [0.1, 0.15) is 5.00 Å². The number of hydrogen-bond donors (Lipinski definition) is 3. The van der Waals surface area contributed by atoms with Crippen LogP contribution < -0.4 is 15.8 Å². The first-order chi connectivity index (χ1) is 14.0. The lowest BCUT2D eigenvalue weighted by Gasteiger charge is -2.11. The van der Waals surface area contributed by atoms with Gasteiger partial charge in [-0.3, -0.25) is 4.79 Å². The molecule has 0 aliphatic rings. The van der Waals surface area contributed by atoms with Crippen molar-refractivity contribution in [3.05, 3.63) is 45.8 Å².